The topological polar surface area (TPSA) is 96.9 Å². The van der Waals surface area contributed by atoms with Crippen molar-refractivity contribution < 1.29 is 24.2 Å². The maximum absolute atomic E-state index is 12.3. The molecule has 1 fully saturated rings. The van der Waals surface area contributed by atoms with Gasteiger partial charge in [-0.2, -0.15) is 0 Å². The van der Waals surface area contributed by atoms with Gasteiger partial charge < -0.3 is 25.2 Å². The standard InChI is InChI=1S/C20H30N2O5/c1-14(2)12-17(18(23)24)22-19(25)21-13-20(8-10-27-11-9-20)15-4-6-16(26-3)7-5-15/h4-7,14,17H,8-13H2,1-3H3,(H,23,24)(H2,21,22,25)/t17-/m1/s1. The lowest BCUT2D eigenvalue weighted by atomic mass is 9.74. The van der Waals surface area contributed by atoms with Gasteiger partial charge in [0.15, 0.2) is 0 Å². The molecule has 1 aromatic rings. The van der Waals surface area contributed by atoms with E-state index < -0.39 is 18.0 Å². The molecule has 7 heteroatoms. The summed E-state index contributed by atoms with van der Waals surface area (Å²) >= 11 is 0. The molecule has 1 heterocycles. The van der Waals surface area contributed by atoms with Crippen molar-refractivity contribution in [2.24, 2.45) is 5.92 Å². The van der Waals surface area contributed by atoms with Crippen molar-refractivity contribution in [2.45, 2.75) is 44.6 Å². The largest absolute Gasteiger partial charge is 0.497 e. The van der Waals surface area contributed by atoms with Gasteiger partial charge in [0.05, 0.1) is 7.11 Å². The molecule has 150 valence electrons. The van der Waals surface area contributed by atoms with Gasteiger partial charge >= 0.3 is 12.0 Å². The van der Waals surface area contributed by atoms with Crippen LogP contribution in [0.5, 0.6) is 5.75 Å². The molecule has 2 rings (SSSR count). The third kappa shape index (κ3) is 5.85. The van der Waals surface area contributed by atoms with Gasteiger partial charge in [-0.3, -0.25) is 0 Å². The molecule has 1 atom stereocenters. The molecule has 1 aromatic carbocycles. The van der Waals surface area contributed by atoms with Gasteiger partial charge in [-0.05, 0) is 42.9 Å². The number of rotatable bonds is 8. The number of ether oxygens (including phenoxy) is 2. The highest BCUT2D eigenvalue weighted by atomic mass is 16.5. The molecule has 27 heavy (non-hydrogen) atoms. The van der Waals surface area contributed by atoms with Crippen molar-refractivity contribution >= 4 is 12.0 Å². The predicted molar refractivity (Wildman–Crippen MR) is 102 cm³/mol. The summed E-state index contributed by atoms with van der Waals surface area (Å²) in [5, 5.41) is 14.7. The summed E-state index contributed by atoms with van der Waals surface area (Å²) in [6, 6.07) is 6.51. The number of benzene rings is 1. The zero-order valence-corrected chi connectivity index (χ0v) is 16.3. The van der Waals surface area contributed by atoms with Gasteiger partial charge in [0, 0.05) is 25.2 Å². The van der Waals surface area contributed by atoms with Crippen LogP contribution in [0, 0.1) is 5.92 Å². The van der Waals surface area contributed by atoms with Crippen LogP contribution in [0.3, 0.4) is 0 Å². The van der Waals surface area contributed by atoms with Gasteiger partial charge in [-0.15, -0.1) is 0 Å². The summed E-state index contributed by atoms with van der Waals surface area (Å²) in [6.07, 6.45) is 1.96. The van der Waals surface area contributed by atoms with E-state index in [4.69, 9.17) is 9.47 Å². The molecule has 0 unspecified atom stereocenters. The van der Waals surface area contributed by atoms with Gasteiger partial charge in [0.1, 0.15) is 11.8 Å². The fraction of sp³-hybridized carbons (Fsp3) is 0.600. The first-order valence-electron chi connectivity index (χ1n) is 9.36. The van der Waals surface area contributed by atoms with Crippen LogP contribution in [0.1, 0.15) is 38.7 Å². The Morgan fingerprint density at radius 3 is 2.37 bits per heavy atom. The second-order valence-corrected chi connectivity index (χ2v) is 7.47. The monoisotopic (exact) mass is 378 g/mol. The van der Waals surface area contributed by atoms with Crippen LogP contribution in [-0.4, -0.2) is 50.0 Å². The van der Waals surface area contributed by atoms with E-state index in [1.165, 1.54) is 0 Å². The average molecular weight is 378 g/mol. The average Bonchev–Trinajstić information content (AvgIpc) is 2.66. The number of carbonyl (C=O) groups is 2. The molecule has 1 aliphatic heterocycles. The minimum absolute atomic E-state index is 0.174. The van der Waals surface area contributed by atoms with Crippen molar-refractivity contribution in [3.05, 3.63) is 29.8 Å². The van der Waals surface area contributed by atoms with E-state index in [1.54, 1.807) is 7.11 Å². The maximum Gasteiger partial charge on any atom is 0.326 e. The molecule has 0 bridgehead atoms. The number of urea groups is 1. The summed E-state index contributed by atoms with van der Waals surface area (Å²) in [6.45, 7) is 5.52. The van der Waals surface area contributed by atoms with Crippen LogP contribution in [0.4, 0.5) is 4.79 Å². The number of hydrogen-bond donors (Lipinski definition) is 3. The second kappa shape index (κ2) is 9.60. The third-order valence-electron chi connectivity index (χ3n) is 5.05. The van der Waals surface area contributed by atoms with E-state index in [9.17, 15) is 14.7 Å². The molecular formula is C20H30N2O5. The van der Waals surface area contributed by atoms with Crippen LogP contribution in [-0.2, 0) is 14.9 Å². The van der Waals surface area contributed by atoms with Crippen molar-refractivity contribution in [1.82, 2.24) is 10.6 Å². The van der Waals surface area contributed by atoms with Crippen molar-refractivity contribution in [3.63, 3.8) is 0 Å². The number of carbonyl (C=O) groups excluding carboxylic acids is 1. The fourth-order valence-corrected chi connectivity index (χ4v) is 3.43. The van der Waals surface area contributed by atoms with E-state index in [-0.39, 0.29) is 11.3 Å². The van der Waals surface area contributed by atoms with Crippen LogP contribution in [0.15, 0.2) is 24.3 Å². The van der Waals surface area contributed by atoms with Gasteiger partial charge in [0.2, 0.25) is 0 Å². The predicted octanol–water partition coefficient (Wildman–Crippen LogP) is 2.54. The molecule has 0 aromatic heterocycles. The molecule has 0 saturated carbocycles. The molecule has 7 nitrogen and oxygen atoms in total. The highest BCUT2D eigenvalue weighted by Gasteiger charge is 2.35. The Bertz CT molecular complexity index is 624. The van der Waals surface area contributed by atoms with E-state index in [0.717, 1.165) is 24.2 Å². The van der Waals surface area contributed by atoms with E-state index in [0.29, 0.717) is 26.2 Å². The molecule has 0 spiro atoms. The van der Waals surface area contributed by atoms with Crippen molar-refractivity contribution in [3.8, 4) is 5.75 Å². The highest BCUT2D eigenvalue weighted by molar-refractivity contribution is 5.82. The number of aliphatic carboxylic acids is 1. The molecule has 1 saturated heterocycles. The molecule has 0 aliphatic carbocycles. The Balaban J connectivity index is 2.05. The SMILES string of the molecule is COc1ccc(C2(CNC(=O)N[C@H](CC(C)C)C(=O)O)CCOCC2)cc1. The minimum Gasteiger partial charge on any atom is -0.497 e. The lowest BCUT2D eigenvalue weighted by molar-refractivity contribution is -0.139. The van der Waals surface area contributed by atoms with Gasteiger partial charge in [-0.25, -0.2) is 9.59 Å². The maximum atomic E-state index is 12.3. The summed E-state index contributed by atoms with van der Waals surface area (Å²) < 4.78 is 10.7. The summed E-state index contributed by atoms with van der Waals surface area (Å²) in [5.74, 6) is -0.0630. The number of methoxy groups -OCH3 is 1. The zero-order chi connectivity index (χ0) is 19.9. The van der Waals surface area contributed by atoms with Crippen LogP contribution in [0.25, 0.3) is 0 Å². The van der Waals surface area contributed by atoms with E-state index in [2.05, 4.69) is 10.6 Å². The van der Waals surface area contributed by atoms with Gasteiger partial charge in [0.25, 0.3) is 0 Å². The molecule has 1 aliphatic rings. The Morgan fingerprint density at radius 2 is 1.85 bits per heavy atom. The second-order valence-electron chi connectivity index (χ2n) is 7.47. The third-order valence-corrected chi connectivity index (χ3v) is 5.05. The lowest BCUT2D eigenvalue weighted by Gasteiger charge is -2.38. The number of hydrogen-bond acceptors (Lipinski definition) is 4. The Hall–Kier alpha value is -2.28. The lowest BCUT2D eigenvalue weighted by Crippen LogP contribution is -2.51. The Morgan fingerprint density at radius 1 is 1.22 bits per heavy atom. The quantitative estimate of drug-likeness (QED) is 0.646. The van der Waals surface area contributed by atoms with E-state index >= 15 is 0 Å². The first kappa shape index (κ1) is 21.0. The summed E-state index contributed by atoms with van der Waals surface area (Å²) in [4.78, 5) is 23.7. The Kier molecular flexibility index (Phi) is 7.47. The van der Waals surface area contributed by atoms with Gasteiger partial charge in [-0.1, -0.05) is 26.0 Å². The number of carboxylic acids is 1. The van der Waals surface area contributed by atoms with Crippen LogP contribution >= 0.6 is 0 Å². The van der Waals surface area contributed by atoms with E-state index in [1.807, 2.05) is 38.1 Å². The minimum atomic E-state index is -1.02. The fourth-order valence-electron chi connectivity index (χ4n) is 3.43. The molecule has 3 N–H and O–H groups in total. The smallest absolute Gasteiger partial charge is 0.326 e. The first-order chi connectivity index (χ1) is 12.9. The zero-order valence-electron chi connectivity index (χ0n) is 16.3. The molecule has 2 amide bonds. The Labute approximate surface area is 160 Å². The van der Waals surface area contributed by atoms with Crippen molar-refractivity contribution in [1.29, 1.82) is 0 Å². The normalized spacial score (nSPS) is 17.2. The van der Waals surface area contributed by atoms with Crippen LogP contribution in [0.2, 0.25) is 0 Å². The van der Waals surface area contributed by atoms with Crippen molar-refractivity contribution in [2.75, 3.05) is 26.9 Å². The number of nitrogens with one attached hydrogen (secondary N) is 2. The summed E-state index contributed by atoms with van der Waals surface area (Å²) in [5.41, 5.74) is 0.877. The number of carboxylic acid groups (broad SMARTS) is 1. The van der Waals surface area contributed by atoms with Crippen LogP contribution < -0.4 is 15.4 Å². The number of amides is 2. The summed E-state index contributed by atoms with van der Waals surface area (Å²) in [7, 11) is 1.63. The highest BCUT2D eigenvalue weighted by Crippen LogP contribution is 2.35. The molecular weight excluding hydrogens is 348 g/mol. The first-order valence-corrected chi connectivity index (χ1v) is 9.36. The molecule has 0 radical (unpaired) electrons.